The first-order valence-corrected chi connectivity index (χ1v) is 11.3. The minimum atomic E-state index is 0.297. The lowest BCUT2D eigenvalue weighted by Crippen LogP contribution is -2.41. The van der Waals surface area contributed by atoms with Gasteiger partial charge in [0.2, 0.25) is 11.8 Å². The molecule has 11 heteroatoms. The summed E-state index contributed by atoms with van der Waals surface area (Å²) >= 11 is 0. The summed E-state index contributed by atoms with van der Waals surface area (Å²) in [5.74, 6) is 2.20. The number of nitrogens with one attached hydrogen (secondary N) is 1. The molecule has 0 spiro atoms. The van der Waals surface area contributed by atoms with E-state index in [9.17, 15) is 0 Å². The SMILES string of the molecule is Nc1nc2c(c3nc(-c4ccco4)nn13)CNN2CCN1CCc2nc3ccncc3cc2C1. The van der Waals surface area contributed by atoms with Crippen LogP contribution in [0.5, 0.6) is 0 Å². The number of hydrazine groups is 1. The summed E-state index contributed by atoms with van der Waals surface area (Å²) in [4.78, 5) is 20.8. The van der Waals surface area contributed by atoms with Crippen molar-refractivity contribution in [1.82, 2.24) is 39.9 Å². The molecule has 0 saturated carbocycles. The number of pyridine rings is 2. The van der Waals surface area contributed by atoms with Gasteiger partial charge in [-0.25, -0.2) is 10.4 Å². The van der Waals surface area contributed by atoms with E-state index in [0.29, 0.717) is 29.7 Å². The number of nitrogens with two attached hydrogens (primary N) is 1. The summed E-state index contributed by atoms with van der Waals surface area (Å²) in [5.41, 5.74) is 14.8. The fraction of sp³-hybridized carbons (Fsp3) is 0.261. The minimum absolute atomic E-state index is 0.297. The molecule has 5 aromatic heterocycles. The van der Waals surface area contributed by atoms with Gasteiger partial charge in [-0.3, -0.25) is 19.9 Å². The van der Waals surface area contributed by atoms with Crippen LogP contribution in [0.3, 0.4) is 0 Å². The van der Waals surface area contributed by atoms with Gasteiger partial charge in [0.05, 0.1) is 17.3 Å². The molecule has 0 fully saturated rings. The van der Waals surface area contributed by atoms with E-state index in [4.69, 9.17) is 15.1 Å². The lowest BCUT2D eigenvalue weighted by Gasteiger charge is -2.30. The molecule has 0 aromatic carbocycles. The number of hydrogen-bond donors (Lipinski definition) is 2. The molecule has 0 saturated heterocycles. The van der Waals surface area contributed by atoms with E-state index in [2.05, 4.69) is 41.5 Å². The Morgan fingerprint density at radius 2 is 2.12 bits per heavy atom. The minimum Gasteiger partial charge on any atom is -0.461 e. The number of aromatic nitrogens is 6. The molecular formula is C23H22N10O. The maximum Gasteiger partial charge on any atom is 0.225 e. The van der Waals surface area contributed by atoms with Gasteiger partial charge in [0.1, 0.15) is 0 Å². The van der Waals surface area contributed by atoms with Crippen LogP contribution in [-0.2, 0) is 19.5 Å². The summed E-state index contributed by atoms with van der Waals surface area (Å²) in [6, 6.07) is 7.84. The van der Waals surface area contributed by atoms with E-state index < -0.39 is 0 Å². The van der Waals surface area contributed by atoms with Gasteiger partial charge < -0.3 is 10.2 Å². The molecule has 2 aliphatic rings. The summed E-state index contributed by atoms with van der Waals surface area (Å²) in [5, 5.41) is 7.63. The lowest BCUT2D eigenvalue weighted by atomic mass is 10.0. The predicted molar refractivity (Wildman–Crippen MR) is 126 cm³/mol. The average Bonchev–Trinajstić information content (AvgIpc) is 3.61. The van der Waals surface area contributed by atoms with Crippen LogP contribution in [0, 0.1) is 0 Å². The van der Waals surface area contributed by atoms with Gasteiger partial charge in [-0.2, -0.15) is 9.50 Å². The second kappa shape index (κ2) is 7.47. The first-order valence-electron chi connectivity index (χ1n) is 11.3. The van der Waals surface area contributed by atoms with Crippen LogP contribution in [0.4, 0.5) is 11.8 Å². The molecule has 3 N–H and O–H groups in total. The Kier molecular flexibility index (Phi) is 4.26. The lowest BCUT2D eigenvalue weighted by molar-refractivity contribution is 0.255. The number of fused-ring (bicyclic) bond motifs is 5. The third kappa shape index (κ3) is 3.09. The van der Waals surface area contributed by atoms with E-state index in [-0.39, 0.29) is 0 Å². The zero-order chi connectivity index (χ0) is 22.6. The molecule has 5 aromatic rings. The number of anilines is 2. The van der Waals surface area contributed by atoms with Crippen LogP contribution in [0.25, 0.3) is 28.1 Å². The molecule has 170 valence electrons. The first-order chi connectivity index (χ1) is 16.7. The highest BCUT2D eigenvalue weighted by Crippen LogP contribution is 2.29. The maximum absolute atomic E-state index is 6.24. The van der Waals surface area contributed by atoms with Gasteiger partial charge in [-0.05, 0) is 29.8 Å². The Balaban J connectivity index is 1.11. The third-order valence-electron chi connectivity index (χ3n) is 6.51. The highest BCUT2D eigenvalue weighted by Gasteiger charge is 2.28. The molecule has 0 aliphatic carbocycles. The first kappa shape index (κ1) is 19.4. The zero-order valence-electron chi connectivity index (χ0n) is 18.3. The zero-order valence-corrected chi connectivity index (χ0v) is 18.3. The van der Waals surface area contributed by atoms with E-state index >= 15 is 0 Å². The van der Waals surface area contributed by atoms with Gasteiger partial charge in [0.25, 0.3) is 0 Å². The van der Waals surface area contributed by atoms with E-state index in [1.807, 2.05) is 24.4 Å². The van der Waals surface area contributed by atoms with Crippen molar-refractivity contribution in [3.05, 3.63) is 59.7 Å². The van der Waals surface area contributed by atoms with Crippen molar-refractivity contribution >= 4 is 28.3 Å². The standard InChI is InChI=1S/C23H22N10O/c24-23-29-21-16(22-28-20(30-33(22)23)19-2-1-9-34-19)12-26-32(21)8-7-31-6-4-18-15(13-31)10-14-11-25-5-3-17(14)27-18/h1-3,5,9-11,26H,4,6-8,12-13H2,(H2,24,29). The van der Waals surface area contributed by atoms with Crippen LogP contribution in [-0.4, -0.2) is 54.1 Å². The molecule has 2 aliphatic heterocycles. The van der Waals surface area contributed by atoms with Gasteiger partial charge in [0, 0.05) is 62.6 Å². The number of hydrogen-bond acceptors (Lipinski definition) is 10. The summed E-state index contributed by atoms with van der Waals surface area (Å²) < 4.78 is 7.02. The summed E-state index contributed by atoms with van der Waals surface area (Å²) in [7, 11) is 0. The highest BCUT2D eigenvalue weighted by molar-refractivity contribution is 5.78. The number of nitrogens with zero attached hydrogens (tertiary/aromatic N) is 8. The van der Waals surface area contributed by atoms with E-state index in [1.54, 1.807) is 17.0 Å². The van der Waals surface area contributed by atoms with Gasteiger partial charge in [-0.15, -0.1) is 5.10 Å². The van der Waals surface area contributed by atoms with Crippen molar-refractivity contribution in [2.75, 3.05) is 30.4 Å². The van der Waals surface area contributed by atoms with Crippen molar-refractivity contribution in [2.45, 2.75) is 19.5 Å². The fourth-order valence-corrected chi connectivity index (χ4v) is 4.79. The average molecular weight is 454 g/mol. The van der Waals surface area contributed by atoms with Crippen molar-refractivity contribution in [3.63, 3.8) is 0 Å². The molecule has 0 radical (unpaired) electrons. The Labute approximate surface area is 194 Å². The second-order valence-electron chi connectivity index (χ2n) is 8.60. The molecule has 0 unspecified atom stereocenters. The summed E-state index contributed by atoms with van der Waals surface area (Å²) in [6.07, 6.45) is 6.22. The maximum atomic E-state index is 6.24. The monoisotopic (exact) mass is 454 g/mol. The van der Waals surface area contributed by atoms with Gasteiger partial charge >= 0.3 is 0 Å². The molecule has 34 heavy (non-hydrogen) atoms. The van der Waals surface area contributed by atoms with Crippen molar-refractivity contribution in [3.8, 4) is 11.6 Å². The van der Waals surface area contributed by atoms with Crippen LogP contribution < -0.4 is 16.2 Å². The molecule has 7 heterocycles. The van der Waals surface area contributed by atoms with E-state index in [0.717, 1.165) is 54.9 Å². The third-order valence-corrected chi connectivity index (χ3v) is 6.51. The van der Waals surface area contributed by atoms with Gasteiger partial charge in [0.15, 0.2) is 17.2 Å². The quantitative estimate of drug-likeness (QED) is 0.415. The predicted octanol–water partition coefficient (Wildman–Crippen LogP) is 1.79. The normalized spacial score (nSPS) is 15.8. The number of furan rings is 1. The van der Waals surface area contributed by atoms with Crippen molar-refractivity contribution < 1.29 is 4.42 Å². The molecule has 0 amide bonds. The van der Waals surface area contributed by atoms with Gasteiger partial charge in [-0.1, -0.05) is 0 Å². The van der Waals surface area contributed by atoms with Crippen LogP contribution >= 0.6 is 0 Å². The molecule has 0 bridgehead atoms. The van der Waals surface area contributed by atoms with Crippen LogP contribution in [0.2, 0.25) is 0 Å². The topological polar surface area (TPSA) is 127 Å². The number of nitrogen functional groups attached to an aromatic ring is 1. The Bertz CT molecular complexity index is 1530. The number of rotatable bonds is 4. The second-order valence-corrected chi connectivity index (χ2v) is 8.60. The van der Waals surface area contributed by atoms with Crippen LogP contribution in [0.15, 0.2) is 47.3 Å². The molecule has 11 nitrogen and oxygen atoms in total. The Morgan fingerprint density at radius 1 is 1.15 bits per heavy atom. The van der Waals surface area contributed by atoms with E-state index in [1.165, 1.54) is 11.3 Å². The molecular weight excluding hydrogens is 432 g/mol. The Hall–Kier alpha value is -4.09. The van der Waals surface area contributed by atoms with Crippen molar-refractivity contribution in [2.24, 2.45) is 0 Å². The smallest absolute Gasteiger partial charge is 0.225 e. The van der Waals surface area contributed by atoms with Crippen molar-refractivity contribution in [1.29, 1.82) is 0 Å². The molecule has 0 atom stereocenters. The molecule has 7 rings (SSSR count). The highest BCUT2D eigenvalue weighted by atomic mass is 16.3. The Morgan fingerprint density at radius 3 is 3.03 bits per heavy atom. The fourth-order valence-electron chi connectivity index (χ4n) is 4.79. The summed E-state index contributed by atoms with van der Waals surface area (Å²) in [6.45, 7) is 4.12. The van der Waals surface area contributed by atoms with Crippen LogP contribution in [0.1, 0.15) is 16.8 Å². The largest absolute Gasteiger partial charge is 0.461 e.